The zero-order chi connectivity index (χ0) is 17.6. The summed E-state index contributed by atoms with van der Waals surface area (Å²) in [5.41, 5.74) is 1.25. The van der Waals surface area contributed by atoms with Crippen LogP contribution in [-0.2, 0) is 10.1 Å². The summed E-state index contributed by atoms with van der Waals surface area (Å²) in [6.45, 7) is 2.41. The summed E-state index contributed by atoms with van der Waals surface area (Å²) in [7, 11) is -4.02. The molecule has 0 saturated carbocycles. The molecule has 0 atom stereocenters. The van der Waals surface area contributed by atoms with E-state index in [4.69, 9.17) is 4.18 Å². The molecule has 1 amide bonds. The number of carbonyl (C=O) groups excluding carboxylic acids is 1. The van der Waals surface area contributed by atoms with Crippen molar-refractivity contribution in [1.82, 2.24) is 0 Å². The van der Waals surface area contributed by atoms with Crippen LogP contribution in [0.3, 0.4) is 0 Å². The molecule has 5 nitrogen and oxygen atoms in total. The minimum atomic E-state index is -4.02. The molecule has 6 heteroatoms. The SMILES string of the molecule is CCN1C(=O)c2cccc3c(S(=O)(=O)Oc4ccccc4)ccc1c23. The van der Waals surface area contributed by atoms with Gasteiger partial charge < -0.3 is 9.08 Å². The van der Waals surface area contributed by atoms with E-state index in [1.54, 1.807) is 59.5 Å². The van der Waals surface area contributed by atoms with Crippen LogP contribution in [0.25, 0.3) is 10.8 Å². The lowest BCUT2D eigenvalue weighted by Gasteiger charge is -2.15. The fourth-order valence-electron chi connectivity index (χ4n) is 3.20. The molecule has 3 aromatic carbocycles. The van der Waals surface area contributed by atoms with Gasteiger partial charge in [0.2, 0.25) is 0 Å². The van der Waals surface area contributed by atoms with Crippen LogP contribution in [0, 0.1) is 0 Å². The van der Waals surface area contributed by atoms with Crippen molar-refractivity contribution in [1.29, 1.82) is 0 Å². The molecule has 0 spiro atoms. The smallest absolute Gasteiger partial charge is 0.339 e. The molecule has 0 aliphatic carbocycles. The molecular formula is C19H15NO4S. The molecule has 1 heterocycles. The molecule has 0 bridgehead atoms. The lowest BCUT2D eigenvalue weighted by molar-refractivity contribution is 0.0994. The fourth-order valence-corrected chi connectivity index (χ4v) is 4.33. The third kappa shape index (κ3) is 2.37. The van der Waals surface area contributed by atoms with Crippen molar-refractivity contribution in [3.8, 4) is 5.75 Å². The Morgan fingerprint density at radius 1 is 0.960 bits per heavy atom. The molecule has 4 rings (SSSR count). The van der Waals surface area contributed by atoms with Crippen molar-refractivity contribution >= 4 is 32.5 Å². The third-order valence-corrected chi connectivity index (χ3v) is 5.59. The van der Waals surface area contributed by atoms with Gasteiger partial charge in [-0.3, -0.25) is 4.79 Å². The first-order chi connectivity index (χ1) is 12.0. The maximum atomic E-state index is 12.8. The number of para-hydroxylation sites is 1. The molecule has 1 aliphatic rings. The van der Waals surface area contributed by atoms with Crippen LogP contribution in [0.1, 0.15) is 17.3 Å². The Kier molecular flexibility index (Phi) is 3.51. The fraction of sp³-hybridized carbons (Fsp3) is 0.105. The standard InChI is InChI=1S/C19H15NO4S/c1-2-20-16-11-12-17(14-9-6-10-15(18(14)16)19(20)21)25(22,23)24-13-7-4-3-5-8-13/h3-12H,2H2,1H3. The largest absolute Gasteiger partial charge is 0.379 e. The van der Waals surface area contributed by atoms with Gasteiger partial charge in [-0.1, -0.05) is 30.3 Å². The number of hydrogen-bond donors (Lipinski definition) is 0. The Balaban J connectivity index is 1.91. The Bertz CT molecular complexity index is 1090. The van der Waals surface area contributed by atoms with Gasteiger partial charge in [0.25, 0.3) is 5.91 Å². The molecule has 3 aromatic rings. The van der Waals surface area contributed by atoms with Gasteiger partial charge in [0.1, 0.15) is 10.6 Å². The predicted molar refractivity (Wildman–Crippen MR) is 95.6 cm³/mol. The highest BCUT2D eigenvalue weighted by molar-refractivity contribution is 7.87. The van der Waals surface area contributed by atoms with Crippen LogP contribution in [0.2, 0.25) is 0 Å². The molecule has 0 saturated heterocycles. The monoisotopic (exact) mass is 353 g/mol. The van der Waals surface area contributed by atoms with Crippen LogP contribution in [0.4, 0.5) is 5.69 Å². The molecule has 25 heavy (non-hydrogen) atoms. The van der Waals surface area contributed by atoms with Gasteiger partial charge in [0, 0.05) is 22.9 Å². The average molecular weight is 353 g/mol. The Morgan fingerprint density at radius 2 is 1.72 bits per heavy atom. The minimum Gasteiger partial charge on any atom is -0.379 e. The lowest BCUT2D eigenvalue weighted by Crippen LogP contribution is -2.25. The van der Waals surface area contributed by atoms with Crippen molar-refractivity contribution in [2.45, 2.75) is 11.8 Å². The zero-order valence-electron chi connectivity index (χ0n) is 13.5. The number of benzene rings is 3. The van der Waals surface area contributed by atoms with E-state index in [0.717, 1.165) is 5.69 Å². The van der Waals surface area contributed by atoms with E-state index in [2.05, 4.69) is 0 Å². The lowest BCUT2D eigenvalue weighted by atomic mass is 10.1. The molecule has 126 valence electrons. The summed E-state index contributed by atoms with van der Waals surface area (Å²) >= 11 is 0. The second-order valence-electron chi connectivity index (χ2n) is 5.71. The summed E-state index contributed by atoms with van der Waals surface area (Å²) in [4.78, 5) is 14.2. The second kappa shape index (κ2) is 5.60. The summed E-state index contributed by atoms with van der Waals surface area (Å²) in [5, 5.41) is 1.15. The topological polar surface area (TPSA) is 63.7 Å². The number of rotatable bonds is 4. The van der Waals surface area contributed by atoms with E-state index in [-0.39, 0.29) is 16.6 Å². The number of amides is 1. The number of carbonyl (C=O) groups is 1. The second-order valence-corrected chi connectivity index (χ2v) is 7.23. The van der Waals surface area contributed by atoms with Crippen LogP contribution >= 0.6 is 0 Å². The first-order valence-electron chi connectivity index (χ1n) is 7.90. The third-order valence-electron chi connectivity index (χ3n) is 4.28. The Morgan fingerprint density at radius 3 is 2.44 bits per heavy atom. The minimum absolute atomic E-state index is 0.0581. The summed E-state index contributed by atoms with van der Waals surface area (Å²) in [5.74, 6) is 0.138. The Labute approximate surface area is 145 Å². The van der Waals surface area contributed by atoms with E-state index in [9.17, 15) is 13.2 Å². The van der Waals surface area contributed by atoms with Gasteiger partial charge in [-0.15, -0.1) is 0 Å². The van der Waals surface area contributed by atoms with Gasteiger partial charge in [0.15, 0.2) is 0 Å². The van der Waals surface area contributed by atoms with Gasteiger partial charge in [-0.2, -0.15) is 8.42 Å². The number of anilines is 1. The van der Waals surface area contributed by atoms with Crippen LogP contribution in [-0.4, -0.2) is 20.9 Å². The predicted octanol–water partition coefficient (Wildman–Crippen LogP) is 3.59. The molecule has 0 N–H and O–H groups in total. The van der Waals surface area contributed by atoms with Gasteiger partial charge in [-0.25, -0.2) is 0 Å². The van der Waals surface area contributed by atoms with E-state index in [1.807, 2.05) is 6.92 Å². The maximum absolute atomic E-state index is 12.8. The van der Waals surface area contributed by atoms with Gasteiger partial charge >= 0.3 is 10.1 Å². The van der Waals surface area contributed by atoms with Crippen molar-refractivity contribution in [2.75, 3.05) is 11.4 Å². The average Bonchev–Trinajstić information content (AvgIpc) is 2.89. The zero-order valence-corrected chi connectivity index (χ0v) is 14.3. The van der Waals surface area contributed by atoms with E-state index in [0.29, 0.717) is 22.9 Å². The molecule has 1 aliphatic heterocycles. The summed E-state index contributed by atoms with van der Waals surface area (Å²) in [6, 6.07) is 16.6. The van der Waals surface area contributed by atoms with Gasteiger partial charge in [0.05, 0.1) is 5.69 Å². The summed E-state index contributed by atoms with van der Waals surface area (Å²) in [6.07, 6.45) is 0. The van der Waals surface area contributed by atoms with E-state index >= 15 is 0 Å². The maximum Gasteiger partial charge on any atom is 0.339 e. The van der Waals surface area contributed by atoms with Crippen molar-refractivity contribution in [3.05, 3.63) is 66.2 Å². The highest BCUT2D eigenvalue weighted by atomic mass is 32.2. The van der Waals surface area contributed by atoms with Crippen LogP contribution in [0.15, 0.2) is 65.6 Å². The van der Waals surface area contributed by atoms with Crippen LogP contribution < -0.4 is 9.08 Å². The molecule has 0 fully saturated rings. The normalized spacial score (nSPS) is 13.5. The summed E-state index contributed by atoms with van der Waals surface area (Å²) < 4.78 is 30.8. The van der Waals surface area contributed by atoms with Crippen LogP contribution in [0.5, 0.6) is 5.75 Å². The molecule has 0 radical (unpaired) electrons. The quantitative estimate of drug-likeness (QED) is 0.673. The molecular weight excluding hydrogens is 338 g/mol. The number of nitrogens with zero attached hydrogens (tertiary/aromatic N) is 1. The Hall–Kier alpha value is -2.86. The molecule has 0 aromatic heterocycles. The van der Waals surface area contributed by atoms with Crippen molar-refractivity contribution in [2.24, 2.45) is 0 Å². The first kappa shape index (κ1) is 15.7. The van der Waals surface area contributed by atoms with E-state index < -0.39 is 10.1 Å². The van der Waals surface area contributed by atoms with Crippen molar-refractivity contribution in [3.63, 3.8) is 0 Å². The first-order valence-corrected chi connectivity index (χ1v) is 9.31. The van der Waals surface area contributed by atoms with E-state index in [1.165, 1.54) is 6.07 Å². The highest BCUT2D eigenvalue weighted by Crippen LogP contribution is 2.40. The van der Waals surface area contributed by atoms with Gasteiger partial charge in [-0.05, 0) is 37.3 Å². The molecule has 0 unspecified atom stereocenters. The van der Waals surface area contributed by atoms with Crippen molar-refractivity contribution < 1.29 is 17.4 Å². The highest BCUT2D eigenvalue weighted by Gasteiger charge is 2.31. The number of hydrogen-bond acceptors (Lipinski definition) is 4.